The fourth-order valence-corrected chi connectivity index (χ4v) is 2.21. The summed E-state index contributed by atoms with van der Waals surface area (Å²) in [6.07, 6.45) is 0. The smallest absolute Gasteiger partial charge is 0.278 e. The van der Waals surface area contributed by atoms with Crippen LogP contribution in [0.5, 0.6) is 0 Å². The SMILES string of the molecule is O=C(S)N1CCN(c2cccc(Cl)c2)CC1. The Morgan fingerprint density at radius 2 is 1.94 bits per heavy atom. The number of hydrogen-bond acceptors (Lipinski definition) is 2. The Hall–Kier alpha value is -0.870. The predicted octanol–water partition coefficient (Wildman–Crippen LogP) is 2.51. The van der Waals surface area contributed by atoms with Crippen LogP contribution in [-0.4, -0.2) is 36.3 Å². The number of nitrogens with zero attached hydrogens (tertiary/aromatic N) is 2. The van der Waals surface area contributed by atoms with Crippen LogP contribution >= 0.6 is 24.2 Å². The van der Waals surface area contributed by atoms with Gasteiger partial charge in [-0.3, -0.25) is 4.79 Å². The second kappa shape index (κ2) is 4.97. The van der Waals surface area contributed by atoms with Gasteiger partial charge in [0.25, 0.3) is 5.24 Å². The van der Waals surface area contributed by atoms with E-state index in [0.717, 1.165) is 36.9 Å². The summed E-state index contributed by atoms with van der Waals surface area (Å²) in [4.78, 5) is 15.0. The average Bonchev–Trinajstić information content (AvgIpc) is 2.29. The van der Waals surface area contributed by atoms with Gasteiger partial charge in [-0.25, -0.2) is 0 Å². The maximum Gasteiger partial charge on any atom is 0.278 e. The highest BCUT2D eigenvalue weighted by Gasteiger charge is 2.19. The number of piperazine rings is 1. The van der Waals surface area contributed by atoms with Crippen molar-refractivity contribution in [1.82, 2.24) is 4.90 Å². The number of hydrogen-bond donors (Lipinski definition) is 1. The Bertz CT molecular complexity index is 391. The molecule has 1 fully saturated rings. The molecule has 0 radical (unpaired) electrons. The molecule has 1 saturated heterocycles. The molecule has 2 rings (SSSR count). The Labute approximate surface area is 105 Å². The number of anilines is 1. The van der Waals surface area contributed by atoms with E-state index in [2.05, 4.69) is 17.5 Å². The standard InChI is InChI=1S/C11H13ClN2OS/c12-9-2-1-3-10(8-9)13-4-6-14(7-5-13)11(15)16/h1-3,8H,4-7H2,(H,15,16). The molecule has 0 bridgehead atoms. The Morgan fingerprint density at radius 1 is 1.25 bits per heavy atom. The van der Waals surface area contributed by atoms with Gasteiger partial charge in [0.15, 0.2) is 0 Å². The highest BCUT2D eigenvalue weighted by Crippen LogP contribution is 2.20. The van der Waals surface area contributed by atoms with Gasteiger partial charge in [-0.05, 0) is 18.2 Å². The molecule has 1 amide bonds. The lowest BCUT2D eigenvalue weighted by molar-refractivity contribution is 0.220. The molecule has 5 heteroatoms. The van der Waals surface area contributed by atoms with Crippen molar-refractivity contribution in [2.75, 3.05) is 31.1 Å². The van der Waals surface area contributed by atoms with Crippen LogP contribution < -0.4 is 4.90 Å². The maximum atomic E-state index is 11.0. The van der Waals surface area contributed by atoms with Crippen LogP contribution in [0.2, 0.25) is 5.02 Å². The second-order valence-electron chi connectivity index (χ2n) is 3.74. The molecule has 1 aliphatic rings. The minimum absolute atomic E-state index is 0.147. The van der Waals surface area contributed by atoms with E-state index in [-0.39, 0.29) is 5.24 Å². The highest BCUT2D eigenvalue weighted by molar-refractivity contribution is 7.96. The lowest BCUT2D eigenvalue weighted by Crippen LogP contribution is -2.47. The normalized spacial score (nSPS) is 16.4. The van der Waals surface area contributed by atoms with Gasteiger partial charge in [-0.2, -0.15) is 0 Å². The van der Waals surface area contributed by atoms with Gasteiger partial charge in [-0.15, -0.1) is 0 Å². The second-order valence-corrected chi connectivity index (χ2v) is 4.56. The summed E-state index contributed by atoms with van der Waals surface area (Å²) >= 11 is 9.76. The van der Waals surface area contributed by atoms with E-state index < -0.39 is 0 Å². The molecule has 1 aliphatic heterocycles. The highest BCUT2D eigenvalue weighted by atomic mass is 35.5. The van der Waals surface area contributed by atoms with E-state index in [1.807, 2.05) is 24.3 Å². The van der Waals surface area contributed by atoms with Crippen LogP contribution in [0.1, 0.15) is 0 Å². The largest absolute Gasteiger partial charge is 0.368 e. The molecule has 0 N–H and O–H groups in total. The van der Waals surface area contributed by atoms with Crippen LogP contribution in [0.4, 0.5) is 10.5 Å². The fraction of sp³-hybridized carbons (Fsp3) is 0.364. The number of benzene rings is 1. The number of thiol groups is 1. The van der Waals surface area contributed by atoms with E-state index in [9.17, 15) is 4.79 Å². The van der Waals surface area contributed by atoms with Crippen LogP contribution in [0.15, 0.2) is 24.3 Å². The number of amides is 1. The zero-order chi connectivity index (χ0) is 11.5. The zero-order valence-corrected chi connectivity index (χ0v) is 10.4. The lowest BCUT2D eigenvalue weighted by atomic mass is 10.2. The van der Waals surface area contributed by atoms with Crippen molar-refractivity contribution >= 4 is 35.2 Å². The van der Waals surface area contributed by atoms with Crippen molar-refractivity contribution in [2.24, 2.45) is 0 Å². The maximum absolute atomic E-state index is 11.0. The van der Waals surface area contributed by atoms with Crippen molar-refractivity contribution in [3.8, 4) is 0 Å². The fourth-order valence-electron chi connectivity index (χ4n) is 1.83. The first-order valence-electron chi connectivity index (χ1n) is 5.15. The van der Waals surface area contributed by atoms with Crippen molar-refractivity contribution in [3.05, 3.63) is 29.3 Å². The predicted molar refractivity (Wildman–Crippen MR) is 69.6 cm³/mol. The first-order valence-corrected chi connectivity index (χ1v) is 5.98. The van der Waals surface area contributed by atoms with Crippen LogP contribution in [0.3, 0.4) is 0 Å². The molecule has 0 spiro atoms. The van der Waals surface area contributed by atoms with Crippen LogP contribution in [0, 0.1) is 0 Å². The summed E-state index contributed by atoms with van der Waals surface area (Å²) in [6, 6.07) is 7.77. The minimum Gasteiger partial charge on any atom is -0.368 e. The lowest BCUT2D eigenvalue weighted by Gasteiger charge is -2.35. The third-order valence-corrected chi connectivity index (χ3v) is 3.24. The molecule has 0 aromatic heterocycles. The van der Waals surface area contributed by atoms with Crippen molar-refractivity contribution in [3.63, 3.8) is 0 Å². The monoisotopic (exact) mass is 256 g/mol. The average molecular weight is 257 g/mol. The molecular weight excluding hydrogens is 244 g/mol. The third kappa shape index (κ3) is 2.62. The zero-order valence-electron chi connectivity index (χ0n) is 8.77. The van der Waals surface area contributed by atoms with E-state index in [1.54, 1.807) is 4.90 Å². The molecular formula is C11H13ClN2OS. The van der Waals surface area contributed by atoms with Crippen LogP contribution in [0.25, 0.3) is 0 Å². The summed E-state index contributed by atoms with van der Waals surface area (Å²) in [5.41, 5.74) is 1.11. The minimum atomic E-state index is -0.147. The summed E-state index contributed by atoms with van der Waals surface area (Å²) in [5.74, 6) is 0. The van der Waals surface area contributed by atoms with Gasteiger partial charge in [0.05, 0.1) is 0 Å². The Balaban J connectivity index is 2.01. The topological polar surface area (TPSA) is 23.6 Å². The quantitative estimate of drug-likeness (QED) is 0.781. The van der Waals surface area contributed by atoms with Crippen LogP contribution in [-0.2, 0) is 0 Å². The number of halogens is 1. The number of carbonyl (C=O) groups is 1. The molecule has 0 aliphatic carbocycles. The Morgan fingerprint density at radius 3 is 2.50 bits per heavy atom. The molecule has 0 atom stereocenters. The summed E-state index contributed by atoms with van der Waals surface area (Å²) in [5, 5.41) is 0.593. The summed E-state index contributed by atoms with van der Waals surface area (Å²) < 4.78 is 0. The molecule has 1 aromatic rings. The molecule has 16 heavy (non-hydrogen) atoms. The Kier molecular flexibility index (Phi) is 3.61. The number of rotatable bonds is 1. The van der Waals surface area contributed by atoms with E-state index >= 15 is 0 Å². The van der Waals surface area contributed by atoms with Gasteiger partial charge >= 0.3 is 0 Å². The van der Waals surface area contributed by atoms with Gasteiger partial charge in [0, 0.05) is 36.9 Å². The molecule has 1 aromatic carbocycles. The van der Waals surface area contributed by atoms with Crippen molar-refractivity contribution in [2.45, 2.75) is 0 Å². The third-order valence-electron chi connectivity index (χ3n) is 2.72. The van der Waals surface area contributed by atoms with E-state index in [0.29, 0.717) is 0 Å². The molecule has 0 saturated carbocycles. The molecule has 0 unspecified atom stereocenters. The van der Waals surface area contributed by atoms with E-state index in [4.69, 9.17) is 11.6 Å². The first-order chi connectivity index (χ1) is 7.66. The molecule has 86 valence electrons. The van der Waals surface area contributed by atoms with Gasteiger partial charge in [0.2, 0.25) is 0 Å². The van der Waals surface area contributed by atoms with Crippen molar-refractivity contribution < 1.29 is 4.79 Å². The summed E-state index contributed by atoms with van der Waals surface area (Å²) in [7, 11) is 0. The molecule has 1 heterocycles. The van der Waals surface area contributed by atoms with Gasteiger partial charge in [0.1, 0.15) is 0 Å². The first kappa shape index (κ1) is 11.6. The summed E-state index contributed by atoms with van der Waals surface area (Å²) in [6.45, 7) is 3.09. The van der Waals surface area contributed by atoms with Gasteiger partial charge in [-0.1, -0.05) is 30.3 Å². The van der Waals surface area contributed by atoms with Gasteiger partial charge < -0.3 is 9.80 Å². The van der Waals surface area contributed by atoms with E-state index in [1.165, 1.54) is 0 Å². The molecule has 3 nitrogen and oxygen atoms in total. The number of carbonyl (C=O) groups excluding carboxylic acids is 1. The van der Waals surface area contributed by atoms with Crippen molar-refractivity contribution in [1.29, 1.82) is 0 Å².